The van der Waals surface area contributed by atoms with E-state index >= 15 is 0 Å². The van der Waals surface area contributed by atoms with E-state index in [0.717, 1.165) is 37.3 Å². The first kappa shape index (κ1) is 23.6. The molecule has 2 heterocycles. The zero-order chi connectivity index (χ0) is 22.0. The number of amides is 1. The quantitative estimate of drug-likeness (QED) is 0.248. The van der Waals surface area contributed by atoms with Gasteiger partial charge in [-0.1, -0.05) is 18.0 Å². The van der Waals surface area contributed by atoms with Crippen LogP contribution in [0.3, 0.4) is 0 Å². The van der Waals surface area contributed by atoms with Crippen LogP contribution >= 0.6 is 0 Å². The molecule has 0 aromatic carbocycles. The highest BCUT2D eigenvalue weighted by Crippen LogP contribution is 2.21. The van der Waals surface area contributed by atoms with E-state index in [1.165, 1.54) is 0 Å². The second-order valence-electron chi connectivity index (χ2n) is 8.54. The number of hydrogen-bond donors (Lipinski definition) is 0. The normalized spacial score (nSPS) is 16.7. The Balaban J connectivity index is 1.73. The van der Waals surface area contributed by atoms with Crippen molar-refractivity contribution in [3.05, 3.63) is 28.8 Å². The van der Waals surface area contributed by atoms with Crippen LogP contribution in [0.2, 0.25) is 0 Å². The van der Waals surface area contributed by atoms with Crippen LogP contribution in [0.25, 0.3) is 10.4 Å². The van der Waals surface area contributed by atoms with Crippen molar-refractivity contribution < 1.29 is 14.3 Å². The number of rotatable bonds is 9. The van der Waals surface area contributed by atoms with Gasteiger partial charge in [0.1, 0.15) is 17.2 Å². The molecule has 0 aliphatic carbocycles. The predicted molar refractivity (Wildman–Crippen MR) is 117 cm³/mol. The molecule has 1 aromatic rings. The van der Waals surface area contributed by atoms with Gasteiger partial charge in [-0.15, -0.1) is 0 Å². The molecule has 1 atom stereocenters. The van der Waals surface area contributed by atoms with Gasteiger partial charge in [0.05, 0.1) is 12.8 Å². The van der Waals surface area contributed by atoms with E-state index in [2.05, 4.69) is 19.9 Å². The highest BCUT2D eigenvalue weighted by molar-refractivity contribution is 5.69. The van der Waals surface area contributed by atoms with Crippen molar-refractivity contribution in [3.63, 3.8) is 0 Å². The Bertz CT molecular complexity index is 712. The summed E-state index contributed by atoms with van der Waals surface area (Å²) < 4.78 is 11.3. The fourth-order valence-corrected chi connectivity index (χ4v) is 3.28. The van der Waals surface area contributed by atoms with Crippen LogP contribution in [-0.2, 0) is 4.74 Å². The maximum absolute atomic E-state index is 12.4. The van der Waals surface area contributed by atoms with Gasteiger partial charge < -0.3 is 19.3 Å². The molecule has 1 saturated heterocycles. The second-order valence-corrected chi connectivity index (χ2v) is 8.54. The van der Waals surface area contributed by atoms with E-state index in [1.54, 1.807) is 11.1 Å². The molecule has 0 radical (unpaired) electrons. The van der Waals surface area contributed by atoms with Crippen molar-refractivity contribution in [3.8, 4) is 5.75 Å². The van der Waals surface area contributed by atoms with Gasteiger partial charge >= 0.3 is 6.09 Å². The molecule has 0 spiro atoms. The summed E-state index contributed by atoms with van der Waals surface area (Å²) in [6.45, 7) is 10.9. The summed E-state index contributed by atoms with van der Waals surface area (Å²) in [5, 5.41) is 3.53. The highest BCUT2D eigenvalue weighted by Gasteiger charge is 2.31. The summed E-state index contributed by atoms with van der Waals surface area (Å²) >= 11 is 0. The first-order valence-corrected chi connectivity index (χ1v) is 10.6. The molecule has 0 unspecified atom stereocenters. The summed E-state index contributed by atoms with van der Waals surface area (Å²) in [5.41, 5.74) is 7.74. The first-order chi connectivity index (χ1) is 14.3. The molecule has 9 nitrogen and oxygen atoms in total. The lowest BCUT2D eigenvalue weighted by Gasteiger charge is -2.40. The maximum atomic E-state index is 12.4. The number of ether oxygens (including phenoxy) is 2. The summed E-state index contributed by atoms with van der Waals surface area (Å²) in [6.07, 6.45) is 5.45. The molecular weight excluding hydrogens is 384 g/mol. The van der Waals surface area contributed by atoms with Crippen LogP contribution in [0.1, 0.15) is 53.4 Å². The van der Waals surface area contributed by atoms with E-state index in [4.69, 9.17) is 15.0 Å². The Kier molecular flexibility index (Phi) is 9.05. The molecule has 1 aromatic heterocycles. The monoisotopic (exact) mass is 418 g/mol. The van der Waals surface area contributed by atoms with Crippen molar-refractivity contribution in [1.29, 1.82) is 0 Å². The van der Waals surface area contributed by atoms with E-state index in [-0.39, 0.29) is 12.1 Å². The maximum Gasteiger partial charge on any atom is 0.410 e. The van der Waals surface area contributed by atoms with Crippen LogP contribution in [0.15, 0.2) is 23.4 Å². The number of anilines is 1. The molecule has 1 aliphatic rings. The molecule has 2 rings (SSSR count). The smallest absolute Gasteiger partial charge is 0.410 e. The minimum Gasteiger partial charge on any atom is -0.492 e. The van der Waals surface area contributed by atoms with Gasteiger partial charge in [0.2, 0.25) is 0 Å². The first-order valence-electron chi connectivity index (χ1n) is 10.6. The zero-order valence-electron chi connectivity index (χ0n) is 18.6. The Morgan fingerprint density at radius 2 is 2.03 bits per heavy atom. The van der Waals surface area contributed by atoms with Gasteiger partial charge in [-0.25, -0.2) is 9.78 Å². The molecule has 9 heteroatoms. The number of pyridine rings is 1. The minimum atomic E-state index is -0.489. The average Bonchev–Trinajstić information content (AvgIpc) is 2.69. The fourth-order valence-electron chi connectivity index (χ4n) is 3.28. The van der Waals surface area contributed by atoms with Crippen LogP contribution in [0.5, 0.6) is 5.75 Å². The number of piperazine rings is 1. The molecule has 30 heavy (non-hydrogen) atoms. The van der Waals surface area contributed by atoms with Gasteiger partial charge in [0, 0.05) is 37.1 Å². The Hall–Kier alpha value is -2.67. The Morgan fingerprint density at radius 3 is 2.67 bits per heavy atom. The zero-order valence-corrected chi connectivity index (χ0v) is 18.6. The molecular formula is C21H34N6O3. The number of hydrogen-bond acceptors (Lipinski definition) is 6. The average molecular weight is 419 g/mol. The molecule has 1 amide bonds. The molecule has 0 saturated carbocycles. The number of carbonyl (C=O) groups is 1. The predicted octanol–water partition coefficient (Wildman–Crippen LogP) is 4.78. The number of nitrogens with zero attached hydrogens (tertiary/aromatic N) is 6. The number of carbonyl (C=O) groups excluding carboxylic acids is 1. The molecule has 0 bridgehead atoms. The van der Waals surface area contributed by atoms with Crippen molar-refractivity contribution in [2.24, 2.45) is 5.11 Å². The van der Waals surface area contributed by atoms with Gasteiger partial charge in [-0.2, -0.15) is 0 Å². The van der Waals surface area contributed by atoms with Gasteiger partial charge in [0.15, 0.2) is 0 Å². The van der Waals surface area contributed by atoms with E-state index in [1.807, 2.05) is 39.8 Å². The van der Waals surface area contributed by atoms with Gasteiger partial charge in [0.25, 0.3) is 0 Å². The van der Waals surface area contributed by atoms with Crippen molar-refractivity contribution in [2.75, 3.05) is 37.7 Å². The number of azide groups is 1. The molecule has 0 N–H and O–H groups in total. The van der Waals surface area contributed by atoms with E-state index < -0.39 is 5.60 Å². The summed E-state index contributed by atoms with van der Waals surface area (Å²) in [5.74, 6) is 1.64. The fraction of sp³-hybridized carbons (Fsp3) is 0.714. The number of aromatic nitrogens is 1. The lowest BCUT2D eigenvalue weighted by Crippen LogP contribution is -2.55. The van der Waals surface area contributed by atoms with Crippen LogP contribution in [-0.4, -0.2) is 60.4 Å². The molecule has 166 valence electrons. The topological polar surface area (TPSA) is 104 Å². The van der Waals surface area contributed by atoms with Gasteiger partial charge in [-0.05, 0) is 58.2 Å². The molecule has 1 fully saturated rings. The van der Waals surface area contributed by atoms with Crippen molar-refractivity contribution in [1.82, 2.24) is 9.88 Å². The second kappa shape index (κ2) is 11.5. The van der Waals surface area contributed by atoms with Gasteiger partial charge in [-0.3, -0.25) is 0 Å². The Labute approximate surface area is 179 Å². The van der Waals surface area contributed by atoms with Crippen molar-refractivity contribution in [2.45, 2.75) is 65.0 Å². The minimum absolute atomic E-state index is 0.0465. The van der Waals surface area contributed by atoms with Crippen molar-refractivity contribution >= 4 is 11.9 Å². The highest BCUT2D eigenvalue weighted by atomic mass is 16.6. The van der Waals surface area contributed by atoms with E-state index in [9.17, 15) is 4.79 Å². The third-order valence-electron chi connectivity index (χ3n) is 4.78. The Morgan fingerprint density at radius 1 is 1.27 bits per heavy atom. The standard InChI is InChI=1S/C21H34N6O3/c1-17-16-26(12-13-27(17)20(28)30-21(2,3)4)19-10-9-18(15-23-19)29-14-8-6-5-7-11-24-25-22/h9-10,15,17H,5-8,11-14,16H2,1-4H3/t17-/m1/s1. The lowest BCUT2D eigenvalue weighted by atomic mass is 10.2. The van der Waals surface area contributed by atoms with Crippen LogP contribution in [0, 0.1) is 0 Å². The third-order valence-corrected chi connectivity index (χ3v) is 4.78. The van der Waals surface area contributed by atoms with E-state index in [0.29, 0.717) is 32.8 Å². The summed E-state index contributed by atoms with van der Waals surface area (Å²) in [4.78, 5) is 23.6. The van der Waals surface area contributed by atoms with Crippen LogP contribution < -0.4 is 9.64 Å². The number of unbranched alkanes of at least 4 members (excludes halogenated alkanes) is 3. The lowest BCUT2D eigenvalue weighted by molar-refractivity contribution is 0.0158. The summed E-state index contributed by atoms with van der Waals surface area (Å²) in [7, 11) is 0. The SMILES string of the molecule is C[C@@H]1CN(c2ccc(OCCCCCCN=[N+]=[N-])cn2)CCN1C(=O)OC(C)(C)C. The molecule has 1 aliphatic heterocycles. The van der Waals surface area contributed by atoms with Crippen LogP contribution in [0.4, 0.5) is 10.6 Å². The largest absolute Gasteiger partial charge is 0.492 e. The summed E-state index contributed by atoms with van der Waals surface area (Å²) in [6, 6.07) is 3.95. The third kappa shape index (κ3) is 7.99.